The standard InChI is InChI=1S/C13H15ClN2O2/c1-3-4-9(8-15)13(17)16-10-5-6-12(18-2)11(14)7-10/h5-7,9H,3-4H2,1-2H3,(H,16,17). The summed E-state index contributed by atoms with van der Waals surface area (Å²) >= 11 is 5.95. The van der Waals surface area contributed by atoms with Gasteiger partial charge in [-0.1, -0.05) is 24.9 Å². The minimum absolute atomic E-state index is 0.305. The Morgan fingerprint density at radius 2 is 2.33 bits per heavy atom. The Kier molecular flexibility index (Phi) is 5.47. The van der Waals surface area contributed by atoms with Gasteiger partial charge in [-0.2, -0.15) is 5.26 Å². The summed E-state index contributed by atoms with van der Waals surface area (Å²) in [7, 11) is 1.52. The maximum absolute atomic E-state index is 11.8. The van der Waals surface area contributed by atoms with Gasteiger partial charge in [-0.15, -0.1) is 0 Å². The van der Waals surface area contributed by atoms with E-state index in [9.17, 15) is 4.79 Å². The highest BCUT2D eigenvalue weighted by atomic mass is 35.5. The highest BCUT2D eigenvalue weighted by Gasteiger charge is 2.17. The van der Waals surface area contributed by atoms with Gasteiger partial charge in [0.05, 0.1) is 18.2 Å². The maximum Gasteiger partial charge on any atom is 0.241 e. The first-order valence-electron chi connectivity index (χ1n) is 5.66. The van der Waals surface area contributed by atoms with E-state index in [0.717, 1.165) is 6.42 Å². The van der Waals surface area contributed by atoms with Gasteiger partial charge in [0.25, 0.3) is 0 Å². The summed E-state index contributed by atoms with van der Waals surface area (Å²) in [6, 6.07) is 6.94. The molecular formula is C13H15ClN2O2. The fourth-order valence-electron chi connectivity index (χ4n) is 1.52. The van der Waals surface area contributed by atoms with Crippen LogP contribution in [0.4, 0.5) is 5.69 Å². The Balaban J connectivity index is 2.76. The van der Waals surface area contributed by atoms with Crippen LogP contribution < -0.4 is 10.1 Å². The first-order chi connectivity index (χ1) is 8.62. The van der Waals surface area contributed by atoms with Crippen LogP contribution in [-0.4, -0.2) is 13.0 Å². The topological polar surface area (TPSA) is 62.1 Å². The molecule has 4 nitrogen and oxygen atoms in total. The molecule has 0 heterocycles. The summed E-state index contributed by atoms with van der Waals surface area (Å²) in [5.41, 5.74) is 0.558. The van der Waals surface area contributed by atoms with Crippen LogP contribution in [0.1, 0.15) is 19.8 Å². The number of halogens is 1. The van der Waals surface area contributed by atoms with E-state index in [2.05, 4.69) is 5.32 Å². The van der Waals surface area contributed by atoms with Crippen LogP contribution in [0.3, 0.4) is 0 Å². The molecule has 0 radical (unpaired) electrons. The molecule has 1 unspecified atom stereocenters. The van der Waals surface area contributed by atoms with Crippen molar-refractivity contribution in [2.24, 2.45) is 5.92 Å². The Bertz CT molecular complexity index is 469. The molecule has 0 spiro atoms. The number of anilines is 1. The third kappa shape index (κ3) is 3.64. The average Bonchev–Trinajstić information content (AvgIpc) is 2.36. The highest BCUT2D eigenvalue weighted by molar-refractivity contribution is 6.32. The molecule has 1 aromatic carbocycles. The Morgan fingerprint density at radius 1 is 1.61 bits per heavy atom. The Morgan fingerprint density at radius 3 is 2.83 bits per heavy atom. The minimum Gasteiger partial charge on any atom is -0.495 e. The first kappa shape index (κ1) is 14.3. The van der Waals surface area contributed by atoms with Crippen molar-refractivity contribution in [1.82, 2.24) is 0 Å². The zero-order valence-electron chi connectivity index (χ0n) is 10.4. The van der Waals surface area contributed by atoms with E-state index in [-0.39, 0.29) is 5.91 Å². The third-order valence-corrected chi connectivity index (χ3v) is 2.76. The van der Waals surface area contributed by atoms with Crippen LogP contribution >= 0.6 is 11.6 Å². The molecule has 1 amide bonds. The summed E-state index contributed by atoms with van der Waals surface area (Å²) in [6.45, 7) is 1.93. The van der Waals surface area contributed by atoms with Crippen LogP contribution in [0.2, 0.25) is 5.02 Å². The van der Waals surface area contributed by atoms with E-state index in [4.69, 9.17) is 21.6 Å². The monoisotopic (exact) mass is 266 g/mol. The van der Waals surface area contributed by atoms with Crippen molar-refractivity contribution in [2.45, 2.75) is 19.8 Å². The van der Waals surface area contributed by atoms with Gasteiger partial charge >= 0.3 is 0 Å². The fraction of sp³-hybridized carbons (Fsp3) is 0.385. The number of rotatable bonds is 5. The van der Waals surface area contributed by atoms with Gasteiger partial charge in [0.1, 0.15) is 11.7 Å². The fourth-order valence-corrected chi connectivity index (χ4v) is 1.77. The normalized spacial score (nSPS) is 11.4. The zero-order valence-corrected chi connectivity index (χ0v) is 11.1. The molecule has 5 heteroatoms. The van der Waals surface area contributed by atoms with Crippen LogP contribution in [-0.2, 0) is 4.79 Å². The number of hydrogen-bond acceptors (Lipinski definition) is 3. The predicted octanol–water partition coefficient (Wildman–Crippen LogP) is 3.23. The molecule has 1 atom stereocenters. The summed E-state index contributed by atoms with van der Waals surface area (Å²) in [5, 5.41) is 12.0. The summed E-state index contributed by atoms with van der Waals surface area (Å²) in [6.07, 6.45) is 1.33. The molecule has 1 N–H and O–H groups in total. The second-order valence-electron chi connectivity index (χ2n) is 3.81. The lowest BCUT2D eigenvalue weighted by Gasteiger charge is -2.10. The summed E-state index contributed by atoms with van der Waals surface area (Å²) in [5.74, 6) is -0.392. The van der Waals surface area contributed by atoms with E-state index < -0.39 is 5.92 Å². The third-order valence-electron chi connectivity index (χ3n) is 2.47. The predicted molar refractivity (Wildman–Crippen MR) is 70.6 cm³/mol. The second-order valence-corrected chi connectivity index (χ2v) is 4.22. The lowest BCUT2D eigenvalue weighted by Crippen LogP contribution is -2.21. The van der Waals surface area contributed by atoms with Crippen molar-refractivity contribution in [3.05, 3.63) is 23.2 Å². The van der Waals surface area contributed by atoms with Crippen LogP contribution in [0, 0.1) is 17.2 Å². The number of benzene rings is 1. The van der Waals surface area contributed by atoms with Crippen molar-refractivity contribution in [3.8, 4) is 11.8 Å². The number of carbonyl (C=O) groups excluding carboxylic acids is 1. The largest absolute Gasteiger partial charge is 0.495 e. The number of hydrogen-bond donors (Lipinski definition) is 1. The van der Waals surface area contributed by atoms with Crippen molar-refractivity contribution in [1.29, 1.82) is 5.26 Å². The van der Waals surface area contributed by atoms with Crippen molar-refractivity contribution >= 4 is 23.2 Å². The van der Waals surface area contributed by atoms with Gasteiger partial charge < -0.3 is 10.1 Å². The quantitative estimate of drug-likeness (QED) is 0.890. The molecule has 0 aliphatic heterocycles. The second kappa shape index (κ2) is 6.87. The molecule has 1 aromatic rings. The number of carbonyl (C=O) groups is 1. The van der Waals surface area contributed by atoms with Crippen LogP contribution in [0.5, 0.6) is 5.75 Å². The molecule has 0 aromatic heterocycles. The number of nitrogens with zero attached hydrogens (tertiary/aromatic N) is 1. The molecule has 0 bridgehead atoms. The number of nitriles is 1. The van der Waals surface area contributed by atoms with Crippen molar-refractivity contribution in [2.75, 3.05) is 12.4 Å². The molecule has 0 aliphatic carbocycles. The lowest BCUT2D eigenvalue weighted by molar-refractivity contribution is -0.118. The van der Waals surface area contributed by atoms with E-state index in [1.54, 1.807) is 18.2 Å². The van der Waals surface area contributed by atoms with E-state index in [1.807, 2.05) is 13.0 Å². The lowest BCUT2D eigenvalue weighted by atomic mass is 10.0. The van der Waals surface area contributed by atoms with Gasteiger partial charge in [0.2, 0.25) is 5.91 Å². The first-order valence-corrected chi connectivity index (χ1v) is 6.04. The molecule has 0 saturated carbocycles. The number of amides is 1. The number of nitrogens with one attached hydrogen (secondary N) is 1. The molecule has 0 aliphatic rings. The number of methoxy groups -OCH3 is 1. The van der Waals surface area contributed by atoms with Crippen LogP contribution in [0.25, 0.3) is 0 Å². The van der Waals surface area contributed by atoms with Gasteiger partial charge in [-0.3, -0.25) is 4.79 Å². The van der Waals surface area contributed by atoms with Gasteiger partial charge in [0.15, 0.2) is 0 Å². The van der Waals surface area contributed by atoms with Gasteiger partial charge in [0, 0.05) is 5.69 Å². The zero-order chi connectivity index (χ0) is 13.5. The smallest absolute Gasteiger partial charge is 0.241 e. The molecule has 18 heavy (non-hydrogen) atoms. The Labute approximate surface area is 112 Å². The SMILES string of the molecule is CCCC(C#N)C(=O)Nc1ccc(OC)c(Cl)c1. The highest BCUT2D eigenvalue weighted by Crippen LogP contribution is 2.27. The van der Waals surface area contributed by atoms with Crippen molar-refractivity contribution in [3.63, 3.8) is 0 Å². The number of ether oxygens (including phenoxy) is 1. The van der Waals surface area contributed by atoms with E-state index in [0.29, 0.717) is 22.9 Å². The van der Waals surface area contributed by atoms with E-state index in [1.165, 1.54) is 7.11 Å². The average molecular weight is 267 g/mol. The minimum atomic E-state index is -0.629. The summed E-state index contributed by atoms with van der Waals surface area (Å²) < 4.78 is 5.02. The summed E-state index contributed by atoms with van der Waals surface area (Å²) in [4.78, 5) is 11.8. The Hall–Kier alpha value is -1.73. The molecule has 1 rings (SSSR count). The van der Waals surface area contributed by atoms with Gasteiger partial charge in [-0.25, -0.2) is 0 Å². The van der Waals surface area contributed by atoms with E-state index >= 15 is 0 Å². The molecular weight excluding hydrogens is 252 g/mol. The molecule has 0 saturated heterocycles. The van der Waals surface area contributed by atoms with Crippen molar-refractivity contribution < 1.29 is 9.53 Å². The van der Waals surface area contributed by atoms with Gasteiger partial charge in [-0.05, 0) is 24.6 Å². The maximum atomic E-state index is 11.8. The molecule has 0 fully saturated rings. The molecule has 96 valence electrons. The van der Waals surface area contributed by atoms with Crippen LogP contribution in [0.15, 0.2) is 18.2 Å².